The van der Waals surface area contributed by atoms with Gasteiger partial charge < -0.3 is 4.90 Å². The van der Waals surface area contributed by atoms with Crippen LogP contribution in [0.1, 0.15) is 40.0 Å². The lowest BCUT2D eigenvalue weighted by molar-refractivity contribution is -0.384. The summed E-state index contributed by atoms with van der Waals surface area (Å²) in [6, 6.07) is 3.05. The maximum absolute atomic E-state index is 10.9. The second-order valence-electron chi connectivity index (χ2n) is 4.57. The van der Waals surface area contributed by atoms with Gasteiger partial charge in [-0.1, -0.05) is 31.9 Å². The van der Waals surface area contributed by atoms with E-state index >= 15 is 0 Å². The molecule has 0 aliphatic heterocycles. The molecule has 1 aromatic rings. The third kappa shape index (κ3) is 4.35. The Morgan fingerprint density at radius 3 is 2.68 bits per heavy atom. The van der Waals surface area contributed by atoms with Gasteiger partial charge in [0.25, 0.3) is 5.69 Å². The molecule has 1 atom stereocenters. The first kappa shape index (κ1) is 15.7. The molecule has 0 saturated heterocycles. The Bertz CT molecular complexity index is 440. The highest BCUT2D eigenvalue weighted by molar-refractivity contribution is 6.29. The van der Waals surface area contributed by atoms with Crippen LogP contribution in [0.15, 0.2) is 12.1 Å². The summed E-state index contributed by atoms with van der Waals surface area (Å²) < 4.78 is 0. The van der Waals surface area contributed by atoms with Crippen LogP contribution in [0, 0.1) is 10.1 Å². The molecule has 0 aliphatic carbocycles. The zero-order valence-electron chi connectivity index (χ0n) is 11.6. The van der Waals surface area contributed by atoms with E-state index in [4.69, 9.17) is 11.6 Å². The highest BCUT2D eigenvalue weighted by Gasteiger charge is 2.18. The third-order valence-corrected chi connectivity index (χ3v) is 3.34. The van der Waals surface area contributed by atoms with Crippen molar-refractivity contribution in [2.24, 2.45) is 0 Å². The summed E-state index contributed by atoms with van der Waals surface area (Å²) in [5.41, 5.74) is -0.0141. The molecule has 1 heterocycles. The first-order valence-corrected chi connectivity index (χ1v) is 6.96. The predicted octanol–water partition coefficient (Wildman–Crippen LogP) is 4.05. The Morgan fingerprint density at radius 2 is 2.16 bits per heavy atom. The Balaban J connectivity index is 3.10. The van der Waals surface area contributed by atoms with Crippen molar-refractivity contribution >= 4 is 23.1 Å². The summed E-state index contributed by atoms with van der Waals surface area (Å²) in [5, 5.41) is 11.0. The predicted molar refractivity (Wildman–Crippen MR) is 77.9 cm³/mol. The molecule has 106 valence electrons. The van der Waals surface area contributed by atoms with E-state index in [1.807, 2.05) is 0 Å². The van der Waals surface area contributed by atoms with Gasteiger partial charge in [-0.05, 0) is 19.8 Å². The normalized spacial score (nSPS) is 12.2. The molecular formula is C13H20ClN3O2. The minimum atomic E-state index is -0.439. The molecule has 0 spiro atoms. The van der Waals surface area contributed by atoms with Crippen molar-refractivity contribution < 1.29 is 4.92 Å². The number of rotatable bonds is 7. The van der Waals surface area contributed by atoms with E-state index < -0.39 is 4.92 Å². The molecule has 0 radical (unpaired) electrons. The van der Waals surface area contributed by atoms with Crippen molar-refractivity contribution in [1.82, 2.24) is 4.98 Å². The van der Waals surface area contributed by atoms with Crippen LogP contribution < -0.4 is 4.90 Å². The highest BCUT2D eigenvalue weighted by atomic mass is 35.5. The van der Waals surface area contributed by atoms with Crippen LogP contribution in [-0.4, -0.2) is 22.5 Å². The van der Waals surface area contributed by atoms with Crippen LogP contribution in [0.25, 0.3) is 0 Å². The van der Waals surface area contributed by atoms with Gasteiger partial charge in [0.15, 0.2) is 0 Å². The summed E-state index contributed by atoms with van der Waals surface area (Å²) in [4.78, 5) is 16.8. The van der Waals surface area contributed by atoms with Crippen LogP contribution >= 0.6 is 11.6 Å². The van der Waals surface area contributed by atoms with Gasteiger partial charge in [-0.3, -0.25) is 10.1 Å². The summed E-state index contributed by atoms with van der Waals surface area (Å²) in [5.74, 6) is 0.585. The number of halogens is 1. The van der Waals surface area contributed by atoms with E-state index in [9.17, 15) is 10.1 Å². The molecule has 0 aromatic carbocycles. The SMILES string of the molecule is CCCCN(c1cc([N+](=O)[O-])cc(Cl)n1)C(C)CC. The maximum atomic E-state index is 10.9. The first-order valence-electron chi connectivity index (χ1n) is 6.58. The van der Waals surface area contributed by atoms with E-state index in [0.29, 0.717) is 5.82 Å². The van der Waals surface area contributed by atoms with Gasteiger partial charge in [0.2, 0.25) is 0 Å². The molecule has 0 aliphatic rings. The van der Waals surface area contributed by atoms with Crippen LogP contribution in [0.4, 0.5) is 11.5 Å². The monoisotopic (exact) mass is 285 g/mol. The van der Waals surface area contributed by atoms with Gasteiger partial charge in [-0.25, -0.2) is 4.98 Å². The van der Waals surface area contributed by atoms with Crippen molar-refractivity contribution in [1.29, 1.82) is 0 Å². The van der Waals surface area contributed by atoms with Crippen LogP contribution in [0.2, 0.25) is 5.15 Å². The van der Waals surface area contributed by atoms with E-state index in [2.05, 4.69) is 30.7 Å². The zero-order chi connectivity index (χ0) is 14.4. The fourth-order valence-electron chi connectivity index (χ4n) is 1.83. The molecule has 1 aromatic heterocycles. The number of nitro groups is 1. The van der Waals surface area contributed by atoms with Crippen molar-refractivity contribution in [3.8, 4) is 0 Å². The van der Waals surface area contributed by atoms with Crippen molar-refractivity contribution in [3.05, 3.63) is 27.4 Å². The quantitative estimate of drug-likeness (QED) is 0.431. The molecule has 0 saturated carbocycles. The fraction of sp³-hybridized carbons (Fsp3) is 0.615. The van der Waals surface area contributed by atoms with E-state index in [-0.39, 0.29) is 16.9 Å². The standard InChI is InChI=1S/C13H20ClN3O2/c1-4-6-7-16(10(3)5-2)13-9-11(17(18)19)8-12(14)15-13/h8-10H,4-7H2,1-3H3. The summed E-state index contributed by atoms with van der Waals surface area (Å²) in [7, 11) is 0. The number of anilines is 1. The molecule has 1 rings (SSSR count). The topological polar surface area (TPSA) is 59.3 Å². The summed E-state index contributed by atoms with van der Waals surface area (Å²) >= 11 is 5.88. The third-order valence-electron chi connectivity index (χ3n) is 3.15. The second-order valence-corrected chi connectivity index (χ2v) is 4.95. The lowest BCUT2D eigenvalue weighted by atomic mass is 10.2. The molecule has 1 unspecified atom stereocenters. The van der Waals surface area contributed by atoms with E-state index in [1.165, 1.54) is 12.1 Å². The summed E-state index contributed by atoms with van der Waals surface area (Å²) in [6.07, 6.45) is 3.04. The van der Waals surface area contributed by atoms with E-state index in [1.54, 1.807) is 0 Å². The molecular weight excluding hydrogens is 266 g/mol. The van der Waals surface area contributed by atoms with Crippen LogP contribution in [0.5, 0.6) is 0 Å². The number of nitrogens with zero attached hydrogens (tertiary/aromatic N) is 3. The molecule has 0 bridgehead atoms. The first-order chi connectivity index (χ1) is 8.99. The van der Waals surface area contributed by atoms with Gasteiger partial charge in [0, 0.05) is 12.6 Å². The fourth-order valence-corrected chi connectivity index (χ4v) is 2.03. The van der Waals surface area contributed by atoms with Gasteiger partial charge >= 0.3 is 0 Å². The minimum absolute atomic E-state index is 0.0141. The Hall–Kier alpha value is -1.36. The van der Waals surface area contributed by atoms with Gasteiger partial charge in [-0.2, -0.15) is 0 Å². The Labute approximate surface area is 118 Å². The van der Waals surface area contributed by atoms with Crippen molar-refractivity contribution in [2.45, 2.75) is 46.1 Å². The average Bonchev–Trinajstić information content (AvgIpc) is 2.38. The molecule has 5 nitrogen and oxygen atoms in total. The lowest BCUT2D eigenvalue weighted by Gasteiger charge is -2.29. The van der Waals surface area contributed by atoms with Crippen molar-refractivity contribution in [2.75, 3.05) is 11.4 Å². The minimum Gasteiger partial charge on any atom is -0.354 e. The smallest absolute Gasteiger partial charge is 0.276 e. The number of pyridine rings is 1. The molecule has 0 N–H and O–H groups in total. The Morgan fingerprint density at radius 1 is 1.47 bits per heavy atom. The van der Waals surface area contributed by atoms with Crippen molar-refractivity contribution in [3.63, 3.8) is 0 Å². The van der Waals surface area contributed by atoms with Crippen LogP contribution in [0.3, 0.4) is 0 Å². The van der Waals surface area contributed by atoms with Gasteiger partial charge in [-0.15, -0.1) is 0 Å². The summed E-state index contributed by atoms with van der Waals surface area (Å²) in [6.45, 7) is 7.12. The molecule has 19 heavy (non-hydrogen) atoms. The number of hydrogen-bond donors (Lipinski definition) is 0. The molecule has 6 heteroatoms. The van der Waals surface area contributed by atoms with Gasteiger partial charge in [0.1, 0.15) is 11.0 Å². The largest absolute Gasteiger partial charge is 0.354 e. The Kier molecular flexibility index (Phi) is 6.02. The average molecular weight is 286 g/mol. The van der Waals surface area contributed by atoms with Crippen LogP contribution in [-0.2, 0) is 0 Å². The molecule has 0 amide bonds. The molecule has 0 fully saturated rings. The lowest BCUT2D eigenvalue weighted by Crippen LogP contribution is -2.34. The second kappa shape index (κ2) is 7.28. The van der Waals surface area contributed by atoms with E-state index in [0.717, 1.165) is 25.8 Å². The number of hydrogen-bond acceptors (Lipinski definition) is 4. The highest BCUT2D eigenvalue weighted by Crippen LogP contribution is 2.25. The number of aromatic nitrogens is 1. The number of unbranched alkanes of at least 4 members (excludes halogenated alkanes) is 1. The van der Waals surface area contributed by atoms with Gasteiger partial charge in [0.05, 0.1) is 17.1 Å². The maximum Gasteiger partial charge on any atom is 0.276 e. The zero-order valence-corrected chi connectivity index (χ0v) is 12.4.